The molecule has 2 rings (SSSR count). The Balaban J connectivity index is 2.05. The Morgan fingerprint density at radius 3 is 2.22 bits per heavy atom. The van der Waals surface area contributed by atoms with Crippen LogP contribution in [-0.4, -0.2) is 16.7 Å². The molecular weight excluding hydrogens is 322 g/mol. The molecule has 0 spiro atoms. The van der Waals surface area contributed by atoms with E-state index in [9.17, 15) is 19.7 Å². The van der Waals surface area contributed by atoms with Gasteiger partial charge in [-0.15, -0.1) is 0 Å². The lowest BCUT2D eigenvalue weighted by Crippen LogP contribution is -2.29. The van der Waals surface area contributed by atoms with Crippen LogP contribution in [0.15, 0.2) is 42.5 Å². The minimum Gasteiger partial charge on any atom is -0.318 e. The van der Waals surface area contributed by atoms with E-state index in [2.05, 4.69) is 10.6 Å². The topological polar surface area (TPSA) is 101 Å². The van der Waals surface area contributed by atoms with E-state index in [1.165, 1.54) is 24.3 Å². The summed E-state index contributed by atoms with van der Waals surface area (Å²) in [7, 11) is 0. The molecule has 0 saturated heterocycles. The van der Waals surface area contributed by atoms with Crippen molar-refractivity contribution in [1.29, 1.82) is 0 Å². The lowest BCUT2D eigenvalue weighted by atomic mass is 10.2. The largest absolute Gasteiger partial charge is 0.318 e. The van der Waals surface area contributed by atoms with Crippen LogP contribution in [0.1, 0.15) is 5.56 Å². The van der Waals surface area contributed by atoms with Crippen LogP contribution in [0.3, 0.4) is 0 Å². The summed E-state index contributed by atoms with van der Waals surface area (Å²) in [4.78, 5) is 33.7. The van der Waals surface area contributed by atoms with Crippen molar-refractivity contribution in [3.63, 3.8) is 0 Å². The molecule has 0 fully saturated rings. The number of hydrogen-bond donors (Lipinski definition) is 2. The standard InChI is InChI=1S/C15H12ClN3O4/c1-9-5-6-11(8-13(9)16)18-15(21)14(20)17-10-3-2-4-12(7-10)19(22)23/h2-8H,1H3,(H,17,20)(H,18,21). The number of nitrogens with one attached hydrogen (secondary N) is 2. The molecule has 0 saturated carbocycles. The Kier molecular flexibility index (Phi) is 4.92. The van der Waals surface area contributed by atoms with Gasteiger partial charge >= 0.3 is 11.8 Å². The zero-order valence-electron chi connectivity index (χ0n) is 12.0. The normalized spacial score (nSPS) is 10.0. The van der Waals surface area contributed by atoms with Gasteiger partial charge in [0.1, 0.15) is 0 Å². The van der Waals surface area contributed by atoms with E-state index >= 15 is 0 Å². The molecule has 7 nitrogen and oxygen atoms in total. The molecule has 2 aromatic rings. The monoisotopic (exact) mass is 333 g/mol. The van der Waals surface area contributed by atoms with Crippen LogP contribution < -0.4 is 10.6 Å². The van der Waals surface area contributed by atoms with Crippen LogP contribution >= 0.6 is 11.6 Å². The molecule has 8 heteroatoms. The van der Waals surface area contributed by atoms with Gasteiger partial charge in [-0.1, -0.05) is 23.7 Å². The summed E-state index contributed by atoms with van der Waals surface area (Å²) in [5, 5.41) is 15.8. The minimum atomic E-state index is -0.942. The molecule has 23 heavy (non-hydrogen) atoms. The van der Waals surface area contributed by atoms with Gasteiger partial charge in [0, 0.05) is 28.5 Å². The van der Waals surface area contributed by atoms with Crippen LogP contribution in [0.2, 0.25) is 5.02 Å². The Morgan fingerprint density at radius 2 is 1.65 bits per heavy atom. The van der Waals surface area contributed by atoms with Crippen molar-refractivity contribution in [2.75, 3.05) is 10.6 Å². The zero-order chi connectivity index (χ0) is 17.0. The predicted octanol–water partition coefficient (Wildman–Crippen LogP) is 3.13. The van der Waals surface area contributed by atoms with Gasteiger partial charge in [-0.25, -0.2) is 0 Å². The molecule has 0 aliphatic rings. The van der Waals surface area contributed by atoms with Gasteiger partial charge in [0.15, 0.2) is 0 Å². The summed E-state index contributed by atoms with van der Waals surface area (Å²) >= 11 is 5.94. The van der Waals surface area contributed by atoms with Crippen LogP contribution in [0, 0.1) is 17.0 Å². The highest BCUT2D eigenvalue weighted by atomic mass is 35.5. The number of halogens is 1. The predicted molar refractivity (Wildman–Crippen MR) is 86.5 cm³/mol. The zero-order valence-corrected chi connectivity index (χ0v) is 12.8. The fraction of sp³-hybridized carbons (Fsp3) is 0.0667. The van der Waals surface area contributed by atoms with Crippen molar-refractivity contribution in [2.24, 2.45) is 0 Å². The number of carbonyl (C=O) groups is 2. The lowest BCUT2D eigenvalue weighted by Gasteiger charge is -2.07. The molecular formula is C15H12ClN3O4. The maximum Gasteiger partial charge on any atom is 0.314 e. The van der Waals surface area contributed by atoms with Gasteiger partial charge < -0.3 is 10.6 Å². The van der Waals surface area contributed by atoms with E-state index in [0.717, 1.165) is 11.6 Å². The van der Waals surface area contributed by atoms with Crippen molar-refractivity contribution in [2.45, 2.75) is 6.92 Å². The fourth-order valence-corrected chi connectivity index (χ4v) is 1.92. The van der Waals surface area contributed by atoms with Gasteiger partial charge in [-0.2, -0.15) is 0 Å². The summed E-state index contributed by atoms with van der Waals surface area (Å²) in [6, 6.07) is 10.1. The van der Waals surface area contributed by atoms with Crippen molar-refractivity contribution < 1.29 is 14.5 Å². The molecule has 0 unspecified atom stereocenters. The quantitative estimate of drug-likeness (QED) is 0.511. The highest BCUT2D eigenvalue weighted by Crippen LogP contribution is 2.20. The first-order valence-electron chi connectivity index (χ1n) is 6.50. The third kappa shape index (κ3) is 4.27. The average molecular weight is 334 g/mol. The number of non-ortho nitro benzene ring substituents is 1. The van der Waals surface area contributed by atoms with E-state index in [0.29, 0.717) is 10.7 Å². The Labute approximate surface area is 136 Å². The van der Waals surface area contributed by atoms with E-state index in [1.807, 2.05) is 6.92 Å². The molecule has 118 valence electrons. The SMILES string of the molecule is Cc1ccc(NC(=O)C(=O)Nc2cccc([N+](=O)[O-])c2)cc1Cl. The first-order chi connectivity index (χ1) is 10.9. The molecule has 0 atom stereocenters. The molecule has 2 aromatic carbocycles. The van der Waals surface area contributed by atoms with E-state index in [-0.39, 0.29) is 11.4 Å². The molecule has 0 aromatic heterocycles. The Morgan fingerprint density at radius 1 is 1.04 bits per heavy atom. The Bertz CT molecular complexity index is 792. The maximum absolute atomic E-state index is 11.8. The maximum atomic E-state index is 11.8. The third-order valence-corrected chi connectivity index (χ3v) is 3.36. The number of nitro benzene ring substituents is 1. The number of amides is 2. The number of carbonyl (C=O) groups excluding carboxylic acids is 2. The smallest absolute Gasteiger partial charge is 0.314 e. The molecule has 0 aliphatic carbocycles. The number of anilines is 2. The summed E-state index contributed by atoms with van der Waals surface area (Å²) in [5.74, 6) is -1.85. The van der Waals surface area contributed by atoms with Crippen molar-refractivity contribution in [1.82, 2.24) is 0 Å². The van der Waals surface area contributed by atoms with E-state index < -0.39 is 16.7 Å². The number of nitro groups is 1. The first kappa shape index (κ1) is 16.4. The van der Waals surface area contributed by atoms with Crippen molar-refractivity contribution in [3.05, 3.63) is 63.2 Å². The number of rotatable bonds is 3. The molecule has 0 bridgehead atoms. The van der Waals surface area contributed by atoms with Crippen LogP contribution in [0.5, 0.6) is 0 Å². The summed E-state index contributed by atoms with van der Waals surface area (Å²) < 4.78 is 0. The summed E-state index contributed by atoms with van der Waals surface area (Å²) in [5.41, 5.74) is 1.18. The van der Waals surface area contributed by atoms with Crippen molar-refractivity contribution >= 4 is 40.5 Å². The van der Waals surface area contributed by atoms with E-state index in [1.54, 1.807) is 12.1 Å². The lowest BCUT2D eigenvalue weighted by molar-refractivity contribution is -0.384. The highest BCUT2D eigenvalue weighted by Gasteiger charge is 2.15. The van der Waals surface area contributed by atoms with Crippen molar-refractivity contribution in [3.8, 4) is 0 Å². The van der Waals surface area contributed by atoms with Crippen LogP contribution in [-0.2, 0) is 9.59 Å². The average Bonchev–Trinajstić information content (AvgIpc) is 2.51. The highest BCUT2D eigenvalue weighted by molar-refractivity contribution is 6.43. The van der Waals surface area contributed by atoms with Gasteiger partial charge in [0.2, 0.25) is 0 Å². The van der Waals surface area contributed by atoms with Crippen LogP contribution in [0.25, 0.3) is 0 Å². The van der Waals surface area contributed by atoms with Gasteiger partial charge in [0.05, 0.1) is 4.92 Å². The molecule has 0 heterocycles. The second-order valence-electron chi connectivity index (χ2n) is 4.68. The number of hydrogen-bond acceptors (Lipinski definition) is 4. The second-order valence-corrected chi connectivity index (χ2v) is 5.09. The molecule has 2 N–H and O–H groups in total. The van der Waals surface area contributed by atoms with Gasteiger partial charge in [-0.05, 0) is 30.7 Å². The first-order valence-corrected chi connectivity index (χ1v) is 6.87. The summed E-state index contributed by atoms with van der Waals surface area (Å²) in [6.07, 6.45) is 0. The fourth-order valence-electron chi connectivity index (χ4n) is 1.74. The number of benzene rings is 2. The van der Waals surface area contributed by atoms with E-state index in [4.69, 9.17) is 11.6 Å². The summed E-state index contributed by atoms with van der Waals surface area (Å²) in [6.45, 7) is 1.81. The Hall–Kier alpha value is -2.93. The number of aryl methyl sites for hydroxylation is 1. The second kappa shape index (κ2) is 6.89. The van der Waals surface area contributed by atoms with Gasteiger partial charge in [-0.3, -0.25) is 19.7 Å². The van der Waals surface area contributed by atoms with Crippen LogP contribution in [0.4, 0.5) is 17.1 Å². The minimum absolute atomic E-state index is 0.154. The molecule has 0 aliphatic heterocycles. The van der Waals surface area contributed by atoms with Gasteiger partial charge in [0.25, 0.3) is 5.69 Å². The number of nitrogens with zero attached hydrogens (tertiary/aromatic N) is 1. The molecule has 0 radical (unpaired) electrons. The third-order valence-electron chi connectivity index (χ3n) is 2.95. The molecule has 2 amide bonds.